The molecule has 0 spiro atoms. The third-order valence-corrected chi connectivity index (χ3v) is 7.49. The van der Waals surface area contributed by atoms with E-state index in [2.05, 4.69) is 20.2 Å². The summed E-state index contributed by atoms with van der Waals surface area (Å²) in [7, 11) is 0. The summed E-state index contributed by atoms with van der Waals surface area (Å²) < 4.78 is 1.79. The number of aliphatic hydroxyl groups is 1. The maximum atomic E-state index is 13.8. The highest BCUT2D eigenvalue weighted by Crippen LogP contribution is 2.49. The number of carbonyl (C=O) groups is 1. The van der Waals surface area contributed by atoms with Gasteiger partial charge in [-0.3, -0.25) is 14.5 Å². The fourth-order valence-electron chi connectivity index (χ4n) is 5.82. The standard InChI is InChI=1S/C28H31N5O3/c1-3-7-21-10-11-23-26-25(27(35)31-18(2)20-8-5-4-6-9-20)22(16-34)24(15-33(23)28(21)36)32(26)14-19-12-29-17-30-13-19/h3-13,17-18,22,24-26,34H,14-16H2,1-2H3,(H,31,35)/b7-3+/t18-,22+,24+,25-,26-/m1/s1. The minimum atomic E-state index is -0.517. The molecule has 0 saturated carbocycles. The summed E-state index contributed by atoms with van der Waals surface area (Å²) in [5, 5.41) is 13.7. The van der Waals surface area contributed by atoms with Gasteiger partial charge in [0.1, 0.15) is 6.33 Å². The Bertz CT molecular complexity index is 1310. The van der Waals surface area contributed by atoms with E-state index in [4.69, 9.17) is 0 Å². The van der Waals surface area contributed by atoms with Gasteiger partial charge in [-0.2, -0.15) is 0 Å². The van der Waals surface area contributed by atoms with Crippen LogP contribution >= 0.6 is 0 Å². The molecule has 186 valence electrons. The SMILES string of the molecule is C/C=C/c1ccc2n(c1=O)C[C@H]1[C@H](CO)[C@@H](C(=O)N[C@H](C)c3ccccc3)[C@@H]2N1Cc1cncnc1. The van der Waals surface area contributed by atoms with Crippen molar-refractivity contribution in [1.82, 2.24) is 24.8 Å². The summed E-state index contributed by atoms with van der Waals surface area (Å²) >= 11 is 0. The van der Waals surface area contributed by atoms with Gasteiger partial charge in [-0.05, 0) is 31.5 Å². The van der Waals surface area contributed by atoms with E-state index in [0.717, 1.165) is 16.8 Å². The summed E-state index contributed by atoms with van der Waals surface area (Å²) in [6.07, 6.45) is 8.68. The molecule has 2 aromatic heterocycles. The average Bonchev–Trinajstić information content (AvgIpc) is 3.10. The van der Waals surface area contributed by atoms with Crippen LogP contribution in [0.1, 0.15) is 48.3 Å². The highest BCUT2D eigenvalue weighted by atomic mass is 16.3. The van der Waals surface area contributed by atoms with E-state index in [1.165, 1.54) is 6.33 Å². The number of amides is 1. The largest absolute Gasteiger partial charge is 0.396 e. The molecule has 0 radical (unpaired) electrons. The molecule has 1 fully saturated rings. The first-order chi connectivity index (χ1) is 17.5. The topological polar surface area (TPSA) is 100 Å². The molecule has 36 heavy (non-hydrogen) atoms. The first kappa shape index (κ1) is 24.1. The van der Waals surface area contributed by atoms with Crippen molar-refractivity contribution in [1.29, 1.82) is 0 Å². The van der Waals surface area contributed by atoms with Crippen molar-refractivity contribution in [2.45, 2.75) is 45.1 Å². The number of nitrogens with zero attached hydrogens (tertiary/aromatic N) is 4. The lowest BCUT2D eigenvalue weighted by Crippen LogP contribution is -2.46. The molecule has 2 aliphatic rings. The van der Waals surface area contributed by atoms with E-state index in [-0.39, 0.29) is 42.1 Å². The number of nitrogens with one attached hydrogen (secondary N) is 1. The smallest absolute Gasteiger partial charge is 0.258 e. The maximum Gasteiger partial charge on any atom is 0.258 e. The van der Waals surface area contributed by atoms with Crippen LogP contribution in [0.2, 0.25) is 0 Å². The number of pyridine rings is 1. The van der Waals surface area contributed by atoms with E-state index in [9.17, 15) is 14.7 Å². The predicted molar refractivity (Wildman–Crippen MR) is 137 cm³/mol. The summed E-state index contributed by atoms with van der Waals surface area (Å²) in [4.78, 5) is 37.7. The minimum Gasteiger partial charge on any atom is -0.396 e. The van der Waals surface area contributed by atoms with E-state index < -0.39 is 5.92 Å². The molecule has 2 bridgehead atoms. The monoisotopic (exact) mass is 485 g/mol. The maximum absolute atomic E-state index is 13.8. The van der Waals surface area contributed by atoms with E-state index in [0.29, 0.717) is 18.7 Å². The van der Waals surface area contributed by atoms with Gasteiger partial charge in [-0.1, -0.05) is 42.5 Å². The third kappa shape index (κ3) is 4.27. The summed E-state index contributed by atoms with van der Waals surface area (Å²) in [6.45, 7) is 4.63. The molecule has 5 rings (SSSR count). The highest BCUT2D eigenvalue weighted by Gasteiger charge is 2.55. The van der Waals surface area contributed by atoms with Crippen LogP contribution in [0.5, 0.6) is 0 Å². The Hall–Kier alpha value is -3.62. The molecule has 1 amide bonds. The van der Waals surface area contributed by atoms with Crippen LogP contribution in [0.25, 0.3) is 6.08 Å². The van der Waals surface area contributed by atoms with Crippen LogP contribution < -0.4 is 10.9 Å². The quantitative estimate of drug-likeness (QED) is 0.534. The average molecular weight is 486 g/mol. The number of rotatable bonds is 7. The Labute approximate surface area is 210 Å². The number of aliphatic hydroxyl groups excluding tert-OH is 1. The Morgan fingerprint density at radius 2 is 1.94 bits per heavy atom. The third-order valence-electron chi connectivity index (χ3n) is 7.49. The predicted octanol–water partition coefficient (Wildman–Crippen LogP) is 2.71. The molecule has 2 N–H and O–H groups in total. The molecule has 3 aromatic rings. The first-order valence-corrected chi connectivity index (χ1v) is 12.4. The number of fused-ring (bicyclic) bond motifs is 4. The Balaban J connectivity index is 1.55. The van der Waals surface area contributed by atoms with Crippen molar-refractivity contribution in [2.75, 3.05) is 6.61 Å². The lowest BCUT2D eigenvalue weighted by Gasteiger charge is -2.38. The molecule has 0 unspecified atom stereocenters. The minimum absolute atomic E-state index is 0.0707. The Morgan fingerprint density at radius 1 is 1.19 bits per heavy atom. The van der Waals surface area contributed by atoms with Crippen LogP contribution in [-0.2, 0) is 17.9 Å². The van der Waals surface area contributed by atoms with E-state index in [1.807, 2.05) is 62.4 Å². The number of allylic oxidation sites excluding steroid dienone is 1. The number of aromatic nitrogens is 3. The molecular weight excluding hydrogens is 454 g/mol. The zero-order chi connectivity index (χ0) is 25.2. The fourth-order valence-corrected chi connectivity index (χ4v) is 5.82. The second-order valence-electron chi connectivity index (χ2n) is 9.57. The normalized spacial score (nSPS) is 24.0. The van der Waals surface area contributed by atoms with Crippen molar-refractivity contribution in [3.8, 4) is 0 Å². The van der Waals surface area contributed by atoms with Crippen LogP contribution in [0.15, 0.2) is 72.1 Å². The Kier molecular flexibility index (Phi) is 6.80. The molecule has 8 heteroatoms. The number of hydrogen-bond donors (Lipinski definition) is 2. The van der Waals surface area contributed by atoms with Crippen LogP contribution in [0.3, 0.4) is 0 Å². The van der Waals surface area contributed by atoms with Crippen LogP contribution in [0, 0.1) is 11.8 Å². The molecule has 4 heterocycles. The van der Waals surface area contributed by atoms with Crippen LogP contribution in [-0.4, -0.2) is 43.1 Å². The molecule has 8 nitrogen and oxygen atoms in total. The zero-order valence-electron chi connectivity index (χ0n) is 20.5. The van der Waals surface area contributed by atoms with Gasteiger partial charge >= 0.3 is 0 Å². The molecule has 5 atom stereocenters. The number of hydrogen-bond acceptors (Lipinski definition) is 6. The second-order valence-corrected chi connectivity index (χ2v) is 9.57. The Morgan fingerprint density at radius 3 is 2.64 bits per heavy atom. The first-order valence-electron chi connectivity index (χ1n) is 12.4. The van der Waals surface area contributed by atoms with Gasteiger partial charge in [-0.25, -0.2) is 9.97 Å². The van der Waals surface area contributed by atoms with Gasteiger partial charge in [0.15, 0.2) is 0 Å². The van der Waals surface area contributed by atoms with Gasteiger partial charge in [0.25, 0.3) is 5.56 Å². The summed E-state index contributed by atoms with van der Waals surface area (Å²) in [5.74, 6) is -0.964. The fraction of sp³-hybridized carbons (Fsp3) is 0.357. The summed E-state index contributed by atoms with van der Waals surface area (Å²) in [5.41, 5.74) is 3.27. The number of benzene rings is 1. The number of carbonyl (C=O) groups excluding carboxylic acids is 1. The van der Waals surface area contributed by atoms with Crippen LogP contribution in [0.4, 0.5) is 0 Å². The lowest BCUT2D eigenvalue weighted by molar-refractivity contribution is -0.128. The van der Waals surface area contributed by atoms with Crippen molar-refractivity contribution >= 4 is 12.0 Å². The molecule has 0 aliphatic carbocycles. The van der Waals surface area contributed by atoms with Crippen molar-refractivity contribution in [3.63, 3.8) is 0 Å². The molecular formula is C28H31N5O3. The molecule has 2 aliphatic heterocycles. The highest BCUT2D eigenvalue weighted by molar-refractivity contribution is 5.81. The zero-order valence-corrected chi connectivity index (χ0v) is 20.5. The summed E-state index contributed by atoms with van der Waals surface area (Å²) in [6, 6.07) is 12.9. The van der Waals surface area contributed by atoms with Crippen molar-refractivity contribution in [2.24, 2.45) is 11.8 Å². The van der Waals surface area contributed by atoms with Gasteiger partial charge in [0.05, 0.1) is 18.0 Å². The van der Waals surface area contributed by atoms with Gasteiger partial charge in [-0.15, -0.1) is 0 Å². The van der Waals surface area contributed by atoms with Gasteiger partial charge < -0.3 is 15.0 Å². The van der Waals surface area contributed by atoms with Crippen molar-refractivity contribution < 1.29 is 9.90 Å². The van der Waals surface area contributed by atoms with Gasteiger partial charge in [0, 0.05) is 60.9 Å². The van der Waals surface area contributed by atoms with Gasteiger partial charge in [0.2, 0.25) is 5.91 Å². The molecule has 1 aromatic carbocycles. The lowest BCUT2D eigenvalue weighted by atomic mass is 9.86. The van der Waals surface area contributed by atoms with Crippen molar-refractivity contribution in [3.05, 3.63) is 100.0 Å². The second kappa shape index (κ2) is 10.2. The van der Waals surface area contributed by atoms with E-state index in [1.54, 1.807) is 23.0 Å². The molecule has 1 saturated heterocycles. The van der Waals surface area contributed by atoms with E-state index >= 15 is 0 Å².